The van der Waals surface area contributed by atoms with E-state index in [1.54, 1.807) is 0 Å². The minimum Gasteiger partial charge on any atom is -0.454 e. The maximum atomic E-state index is 6.66. The molecule has 6 rings (SSSR count). The van der Waals surface area contributed by atoms with E-state index in [1.807, 2.05) is 17.5 Å². The number of benzene rings is 3. The zero-order chi connectivity index (χ0) is 25.9. The first kappa shape index (κ1) is 23.9. The minimum atomic E-state index is 0.0121. The largest absolute Gasteiger partial charge is 0.454 e. The van der Waals surface area contributed by atoms with Crippen LogP contribution in [-0.4, -0.2) is 4.98 Å². The van der Waals surface area contributed by atoms with Crippen molar-refractivity contribution in [2.45, 2.75) is 53.4 Å². The summed E-state index contributed by atoms with van der Waals surface area (Å²) in [6.45, 7) is 13.6. The van der Waals surface area contributed by atoms with Crippen LogP contribution in [0.1, 0.15) is 50.6 Å². The lowest BCUT2D eigenvalue weighted by atomic mass is 9.82. The standard InChI is InChI=1S/C34H33NOS/c1-20(2)16-28-21(3)37-33-26(28)12-9-13-27(33)30-19-23-14-15-35-31(32(23)36-30)24-17-22-10-7-8-11-25(22)29(18-24)34(4,5)6/h7-15,17-20H,16H2,1-6H3. The van der Waals surface area contributed by atoms with Gasteiger partial charge in [0.25, 0.3) is 0 Å². The summed E-state index contributed by atoms with van der Waals surface area (Å²) >= 11 is 1.88. The summed E-state index contributed by atoms with van der Waals surface area (Å²) in [5.74, 6) is 1.53. The molecular weight excluding hydrogens is 470 g/mol. The Bertz CT molecular complexity index is 1780. The van der Waals surface area contributed by atoms with Crippen molar-refractivity contribution in [3.63, 3.8) is 0 Å². The maximum Gasteiger partial charge on any atom is 0.161 e. The number of hydrogen-bond acceptors (Lipinski definition) is 3. The van der Waals surface area contributed by atoms with Gasteiger partial charge >= 0.3 is 0 Å². The molecule has 0 N–H and O–H groups in total. The van der Waals surface area contributed by atoms with Crippen molar-refractivity contribution in [3.8, 4) is 22.6 Å². The molecular formula is C34H33NOS. The molecule has 6 aromatic rings. The minimum absolute atomic E-state index is 0.0121. The van der Waals surface area contributed by atoms with Crippen LogP contribution in [0.2, 0.25) is 0 Å². The van der Waals surface area contributed by atoms with Crippen LogP contribution in [0, 0.1) is 12.8 Å². The number of fused-ring (bicyclic) bond motifs is 3. The molecule has 0 radical (unpaired) electrons. The Morgan fingerprint density at radius 1 is 0.892 bits per heavy atom. The normalized spacial score (nSPS) is 12.4. The number of aromatic nitrogens is 1. The Hall–Kier alpha value is -3.43. The Morgan fingerprint density at radius 2 is 1.68 bits per heavy atom. The van der Waals surface area contributed by atoms with Gasteiger partial charge in [-0.1, -0.05) is 71.0 Å². The molecule has 0 saturated carbocycles. The van der Waals surface area contributed by atoms with Gasteiger partial charge in [-0.15, -0.1) is 11.3 Å². The predicted molar refractivity (Wildman–Crippen MR) is 160 cm³/mol. The van der Waals surface area contributed by atoms with E-state index >= 15 is 0 Å². The molecule has 186 valence electrons. The molecule has 0 aliphatic carbocycles. The fraction of sp³-hybridized carbons (Fsp3) is 0.265. The smallest absolute Gasteiger partial charge is 0.161 e. The van der Waals surface area contributed by atoms with Crippen molar-refractivity contribution in [2.24, 2.45) is 5.92 Å². The van der Waals surface area contributed by atoms with E-state index in [-0.39, 0.29) is 5.41 Å². The quantitative estimate of drug-likeness (QED) is 0.239. The fourth-order valence-corrected chi connectivity index (χ4v) is 6.72. The summed E-state index contributed by atoms with van der Waals surface area (Å²) in [5.41, 5.74) is 6.81. The molecule has 0 bridgehead atoms. The second-order valence-electron chi connectivity index (χ2n) is 11.6. The van der Waals surface area contributed by atoms with E-state index in [0.29, 0.717) is 5.92 Å². The highest BCUT2D eigenvalue weighted by Crippen LogP contribution is 2.42. The summed E-state index contributed by atoms with van der Waals surface area (Å²) in [5, 5.41) is 4.96. The third kappa shape index (κ3) is 4.16. The highest BCUT2D eigenvalue weighted by atomic mass is 32.1. The van der Waals surface area contributed by atoms with Crippen LogP contribution >= 0.6 is 11.3 Å². The number of rotatable bonds is 4. The SMILES string of the molecule is Cc1sc2c(-c3cc4ccnc(-c5cc(C(C)(C)C)c6ccccc6c5)c4o3)cccc2c1CC(C)C. The molecule has 37 heavy (non-hydrogen) atoms. The zero-order valence-electron chi connectivity index (χ0n) is 22.5. The summed E-state index contributed by atoms with van der Waals surface area (Å²) in [7, 11) is 0. The molecule has 0 aliphatic heterocycles. The molecule has 0 aliphatic rings. The lowest BCUT2D eigenvalue weighted by Gasteiger charge is -2.22. The molecule has 0 spiro atoms. The highest BCUT2D eigenvalue weighted by molar-refractivity contribution is 7.19. The lowest BCUT2D eigenvalue weighted by molar-refractivity contribution is 0.596. The molecule has 2 nitrogen and oxygen atoms in total. The lowest BCUT2D eigenvalue weighted by Crippen LogP contribution is -2.12. The molecule has 0 fully saturated rings. The van der Waals surface area contributed by atoms with E-state index in [1.165, 1.54) is 36.9 Å². The Balaban J connectivity index is 1.55. The van der Waals surface area contributed by atoms with Gasteiger partial charge < -0.3 is 4.42 Å². The van der Waals surface area contributed by atoms with E-state index in [2.05, 4.69) is 108 Å². The van der Waals surface area contributed by atoms with Crippen LogP contribution in [0.4, 0.5) is 0 Å². The molecule has 0 amide bonds. The van der Waals surface area contributed by atoms with E-state index in [4.69, 9.17) is 9.40 Å². The summed E-state index contributed by atoms with van der Waals surface area (Å²) < 4.78 is 7.97. The van der Waals surface area contributed by atoms with Gasteiger partial charge in [-0.25, -0.2) is 0 Å². The van der Waals surface area contributed by atoms with E-state index in [9.17, 15) is 0 Å². The average molecular weight is 504 g/mol. The second kappa shape index (κ2) is 8.85. The van der Waals surface area contributed by atoms with Gasteiger partial charge in [0.05, 0.1) is 0 Å². The van der Waals surface area contributed by atoms with Gasteiger partial charge in [-0.3, -0.25) is 4.98 Å². The third-order valence-corrected chi connectivity index (χ3v) is 8.47. The van der Waals surface area contributed by atoms with Crippen LogP contribution in [-0.2, 0) is 11.8 Å². The maximum absolute atomic E-state index is 6.66. The number of hydrogen-bond donors (Lipinski definition) is 0. The van der Waals surface area contributed by atoms with Crippen LogP contribution < -0.4 is 0 Å². The second-order valence-corrected chi connectivity index (χ2v) is 12.8. The van der Waals surface area contributed by atoms with Crippen LogP contribution in [0.15, 0.2) is 77.3 Å². The first-order chi connectivity index (χ1) is 17.7. The first-order valence-corrected chi connectivity index (χ1v) is 14.0. The monoisotopic (exact) mass is 503 g/mol. The number of furan rings is 1. The van der Waals surface area contributed by atoms with Crippen LogP contribution in [0.5, 0.6) is 0 Å². The molecule has 3 heterocycles. The van der Waals surface area contributed by atoms with Crippen molar-refractivity contribution in [3.05, 3.63) is 88.9 Å². The van der Waals surface area contributed by atoms with E-state index in [0.717, 1.165) is 40.0 Å². The average Bonchev–Trinajstić information content (AvgIpc) is 3.43. The van der Waals surface area contributed by atoms with Crippen LogP contribution in [0.3, 0.4) is 0 Å². The molecule has 3 aromatic heterocycles. The zero-order valence-corrected chi connectivity index (χ0v) is 23.3. The fourth-order valence-electron chi connectivity index (χ4n) is 5.52. The van der Waals surface area contributed by atoms with Gasteiger partial charge in [-0.05, 0) is 82.3 Å². The van der Waals surface area contributed by atoms with Gasteiger partial charge in [0.1, 0.15) is 11.5 Å². The van der Waals surface area contributed by atoms with Crippen molar-refractivity contribution in [2.75, 3.05) is 0 Å². The third-order valence-electron chi connectivity index (χ3n) is 7.27. The van der Waals surface area contributed by atoms with Gasteiger partial charge in [0.2, 0.25) is 0 Å². The van der Waals surface area contributed by atoms with E-state index < -0.39 is 0 Å². The van der Waals surface area contributed by atoms with Crippen LogP contribution in [0.25, 0.3) is 54.4 Å². The summed E-state index contributed by atoms with van der Waals surface area (Å²) in [6.07, 6.45) is 3.00. The first-order valence-electron chi connectivity index (χ1n) is 13.1. The van der Waals surface area contributed by atoms with Crippen molar-refractivity contribution in [1.82, 2.24) is 4.98 Å². The highest BCUT2D eigenvalue weighted by Gasteiger charge is 2.21. The van der Waals surface area contributed by atoms with Gasteiger partial charge in [-0.2, -0.15) is 0 Å². The predicted octanol–water partition coefficient (Wildman–Crippen LogP) is 10.3. The van der Waals surface area contributed by atoms with Gasteiger partial charge in [0, 0.05) is 32.3 Å². The summed E-state index contributed by atoms with van der Waals surface area (Å²) in [4.78, 5) is 6.24. The molecule has 0 saturated heterocycles. The Morgan fingerprint density at radius 3 is 2.46 bits per heavy atom. The Labute approximate surface area is 223 Å². The van der Waals surface area contributed by atoms with Gasteiger partial charge in [0.15, 0.2) is 5.58 Å². The molecule has 3 aromatic carbocycles. The molecule has 0 atom stereocenters. The topological polar surface area (TPSA) is 26.0 Å². The number of aryl methyl sites for hydroxylation is 1. The molecule has 0 unspecified atom stereocenters. The number of pyridine rings is 1. The Kier molecular flexibility index (Phi) is 5.72. The van der Waals surface area contributed by atoms with Crippen molar-refractivity contribution in [1.29, 1.82) is 0 Å². The molecule has 3 heteroatoms. The van der Waals surface area contributed by atoms with Crippen molar-refractivity contribution < 1.29 is 4.42 Å². The van der Waals surface area contributed by atoms with Crippen molar-refractivity contribution >= 4 is 43.2 Å². The number of nitrogens with zero attached hydrogens (tertiary/aromatic N) is 1. The number of thiophene rings is 1. The summed E-state index contributed by atoms with van der Waals surface area (Å²) in [6, 6.07) is 24.0.